The highest BCUT2D eigenvalue weighted by atomic mass is 127. The number of hydrogen-bond acceptors (Lipinski definition) is 3. The summed E-state index contributed by atoms with van der Waals surface area (Å²) >= 11 is 2.04. The van der Waals surface area contributed by atoms with E-state index in [9.17, 15) is 4.79 Å². The largest absolute Gasteiger partial charge is 0.310 e. The number of rotatable bonds is 1. The van der Waals surface area contributed by atoms with Crippen molar-refractivity contribution >= 4 is 33.7 Å². The van der Waals surface area contributed by atoms with Crippen LogP contribution in [0.15, 0.2) is 29.3 Å². The minimum Gasteiger partial charge on any atom is -0.310 e. The van der Waals surface area contributed by atoms with E-state index < -0.39 is 0 Å². The SMILES string of the molecule is O=c1[nH]cnn2c(C3=CC=C3)nc(I)c12. The van der Waals surface area contributed by atoms with Crippen LogP contribution in [0.3, 0.4) is 0 Å². The first kappa shape index (κ1) is 8.84. The van der Waals surface area contributed by atoms with Gasteiger partial charge in [-0.05, 0) is 22.6 Å². The number of H-pyrrole nitrogens is 1. The van der Waals surface area contributed by atoms with Crippen molar-refractivity contribution in [2.45, 2.75) is 0 Å². The summed E-state index contributed by atoms with van der Waals surface area (Å²) in [6, 6.07) is 0. The molecule has 0 aromatic carbocycles. The number of nitrogens with one attached hydrogen (secondary N) is 1. The van der Waals surface area contributed by atoms with Crippen LogP contribution < -0.4 is 5.56 Å². The summed E-state index contributed by atoms with van der Waals surface area (Å²) in [5.74, 6) is 0.711. The van der Waals surface area contributed by atoms with Crippen molar-refractivity contribution in [1.29, 1.82) is 0 Å². The maximum atomic E-state index is 11.5. The van der Waals surface area contributed by atoms with E-state index in [0.29, 0.717) is 15.0 Å². The number of nitrogens with zero attached hydrogens (tertiary/aromatic N) is 3. The van der Waals surface area contributed by atoms with Crippen LogP contribution >= 0.6 is 22.6 Å². The van der Waals surface area contributed by atoms with E-state index in [0.717, 1.165) is 5.57 Å². The molecule has 0 saturated carbocycles. The molecule has 1 aliphatic rings. The standard InChI is InChI=1S/C9H5IN4O/c10-7-6-9(15)11-4-12-14(6)8(13-7)5-2-1-3-5/h1-4H,(H,11,12,15). The van der Waals surface area contributed by atoms with Crippen LogP contribution in [0.1, 0.15) is 5.82 Å². The summed E-state index contributed by atoms with van der Waals surface area (Å²) in [7, 11) is 0. The van der Waals surface area contributed by atoms with Gasteiger partial charge in [-0.25, -0.2) is 9.50 Å². The highest BCUT2D eigenvalue weighted by Crippen LogP contribution is 2.22. The van der Waals surface area contributed by atoms with E-state index in [1.807, 2.05) is 40.8 Å². The second kappa shape index (κ2) is 3.02. The average Bonchev–Trinajstić information content (AvgIpc) is 2.43. The van der Waals surface area contributed by atoms with Gasteiger partial charge in [0.2, 0.25) is 0 Å². The molecule has 0 atom stereocenters. The summed E-state index contributed by atoms with van der Waals surface area (Å²) < 4.78 is 2.23. The molecule has 74 valence electrons. The molecule has 2 heterocycles. The molecule has 3 rings (SSSR count). The summed E-state index contributed by atoms with van der Waals surface area (Å²) in [5, 5.41) is 4.08. The van der Waals surface area contributed by atoms with Crippen molar-refractivity contribution in [3.63, 3.8) is 0 Å². The maximum absolute atomic E-state index is 11.5. The molecule has 0 saturated heterocycles. The molecule has 1 aliphatic carbocycles. The molecule has 15 heavy (non-hydrogen) atoms. The molecule has 0 spiro atoms. The topological polar surface area (TPSA) is 63.0 Å². The molecule has 5 nitrogen and oxygen atoms in total. The third-order valence-corrected chi connectivity index (χ3v) is 2.96. The predicted molar refractivity (Wildman–Crippen MR) is 63.4 cm³/mol. The van der Waals surface area contributed by atoms with E-state index in [4.69, 9.17) is 0 Å². The van der Waals surface area contributed by atoms with Crippen molar-refractivity contribution in [3.8, 4) is 0 Å². The Kier molecular flexibility index (Phi) is 1.78. The number of imidazole rings is 1. The monoisotopic (exact) mass is 312 g/mol. The van der Waals surface area contributed by atoms with Crippen molar-refractivity contribution in [2.75, 3.05) is 0 Å². The van der Waals surface area contributed by atoms with Gasteiger partial charge in [-0.2, -0.15) is 5.10 Å². The Morgan fingerprint density at radius 3 is 2.93 bits per heavy atom. The summed E-state index contributed by atoms with van der Waals surface area (Å²) in [6.07, 6.45) is 7.18. The Bertz CT molecular complexity index is 664. The lowest BCUT2D eigenvalue weighted by atomic mass is 10.1. The lowest BCUT2D eigenvalue weighted by molar-refractivity contribution is 0.865. The van der Waals surface area contributed by atoms with Crippen molar-refractivity contribution in [1.82, 2.24) is 19.6 Å². The number of allylic oxidation sites excluding steroid dienone is 4. The molecule has 0 fully saturated rings. The zero-order valence-electron chi connectivity index (χ0n) is 7.44. The van der Waals surface area contributed by atoms with Gasteiger partial charge in [0.05, 0.1) is 0 Å². The molecule has 0 bridgehead atoms. The molecule has 1 N–H and O–H groups in total. The van der Waals surface area contributed by atoms with E-state index in [-0.39, 0.29) is 5.56 Å². The first-order valence-electron chi connectivity index (χ1n) is 4.28. The Labute approximate surface area is 97.7 Å². The van der Waals surface area contributed by atoms with Crippen molar-refractivity contribution in [3.05, 3.63) is 44.4 Å². The highest BCUT2D eigenvalue weighted by molar-refractivity contribution is 14.1. The van der Waals surface area contributed by atoms with Gasteiger partial charge < -0.3 is 4.98 Å². The van der Waals surface area contributed by atoms with Crippen LogP contribution in [0.2, 0.25) is 0 Å². The third-order valence-electron chi connectivity index (χ3n) is 2.21. The first-order chi connectivity index (χ1) is 7.27. The van der Waals surface area contributed by atoms with Gasteiger partial charge in [0.25, 0.3) is 5.56 Å². The normalized spacial score (nSPS) is 14.1. The van der Waals surface area contributed by atoms with Crippen LogP contribution in [0.25, 0.3) is 11.1 Å². The summed E-state index contributed by atoms with van der Waals surface area (Å²) in [5.41, 5.74) is 1.32. The summed E-state index contributed by atoms with van der Waals surface area (Å²) in [4.78, 5) is 18.4. The third kappa shape index (κ3) is 1.17. The number of aromatic amines is 1. The lowest BCUT2D eigenvalue weighted by Crippen LogP contribution is -2.12. The van der Waals surface area contributed by atoms with Crippen LogP contribution in [-0.2, 0) is 0 Å². The van der Waals surface area contributed by atoms with Crippen molar-refractivity contribution in [2.24, 2.45) is 0 Å². The van der Waals surface area contributed by atoms with Gasteiger partial charge in [0, 0.05) is 5.57 Å². The highest BCUT2D eigenvalue weighted by Gasteiger charge is 2.16. The molecule has 0 amide bonds. The smallest absolute Gasteiger partial charge is 0.277 e. The zero-order chi connectivity index (χ0) is 10.4. The molecule has 0 radical (unpaired) electrons. The van der Waals surface area contributed by atoms with Gasteiger partial charge >= 0.3 is 0 Å². The molecule has 2 aromatic heterocycles. The predicted octanol–water partition coefficient (Wildman–Crippen LogP) is 0.975. The summed E-state index contributed by atoms with van der Waals surface area (Å²) in [6.45, 7) is 0. The van der Waals surface area contributed by atoms with Crippen LogP contribution in [-0.4, -0.2) is 19.6 Å². The van der Waals surface area contributed by atoms with Gasteiger partial charge in [0.15, 0.2) is 11.3 Å². The number of fused-ring (bicyclic) bond motifs is 1. The van der Waals surface area contributed by atoms with Crippen LogP contribution in [0.4, 0.5) is 0 Å². The Hall–Kier alpha value is -1.44. The molecule has 0 aliphatic heterocycles. The minimum absolute atomic E-state index is 0.169. The Balaban J connectivity index is 2.42. The maximum Gasteiger partial charge on any atom is 0.277 e. The number of hydrogen-bond donors (Lipinski definition) is 1. The quantitative estimate of drug-likeness (QED) is 0.798. The fraction of sp³-hybridized carbons (Fsp3) is 0. The van der Waals surface area contributed by atoms with E-state index in [1.165, 1.54) is 6.33 Å². The number of halogens is 1. The second-order valence-corrected chi connectivity index (χ2v) is 4.11. The molecule has 0 unspecified atom stereocenters. The molecular weight excluding hydrogens is 307 g/mol. The minimum atomic E-state index is -0.169. The van der Waals surface area contributed by atoms with E-state index >= 15 is 0 Å². The fourth-order valence-electron chi connectivity index (χ4n) is 1.43. The second-order valence-electron chi connectivity index (χ2n) is 3.09. The van der Waals surface area contributed by atoms with Gasteiger partial charge in [-0.15, -0.1) is 0 Å². The fourth-order valence-corrected chi connectivity index (χ4v) is 2.13. The van der Waals surface area contributed by atoms with Gasteiger partial charge in [0.1, 0.15) is 10.0 Å². The van der Waals surface area contributed by atoms with Crippen molar-refractivity contribution < 1.29 is 0 Å². The molecule has 6 heteroatoms. The molecule has 2 aromatic rings. The number of aromatic nitrogens is 4. The average molecular weight is 312 g/mol. The van der Waals surface area contributed by atoms with Gasteiger partial charge in [-0.1, -0.05) is 18.2 Å². The van der Waals surface area contributed by atoms with E-state index in [2.05, 4.69) is 15.1 Å². The molecular formula is C9H5IN4O. The Morgan fingerprint density at radius 2 is 2.27 bits per heavy atom. The van der Waals surface area contributed by atoms with E-state index in [1.54, 1.807) is 4.52 Å². The zero-order valence-corrected chi connectivity index (χ0v) is 9.59. The Morgan fingerprint density at radius 1 is 1.47 bits per heavy atom. The lowest BCUT2D eigenvalue weighted by Gasteiger charge is -2.03. The first-order valence-corrected chi connectivity index (χ1v) is 5.36. The van der Waals surface area contributed by atoms with Gasteiger partial charge in [-0.3, -0.25) is 4.79 Å². The van der Waals surface area contributed by atoms with Crippen LogP contribution in [0, 0.1) is 3.70 Å². The van der Waals surface area contributed by atoms with Crippen LogP contribution in [0.5, 0.6) is 0 Å².